The number of unbranched alkanes of at least 4 members (excludes halogenated alkanes) is 2. The van der Waals surface area contributed by atoms with E-state index >= 15 is 0 Å². The molecule has 0 saturated carbocycles. The van der Waals surface area contributed by atoms with Gasteiger partial charge in [-0.3, -0.25) is 4.39 Å². The number of halogens is 3. The molecule has 0 bridgehead atoms. The summed E-state index contributed by atoms with van der Waals surface area (Å²) in [5.74, 6) is -0.668. The first-order valence-corrected chi connectivity index (χ1v) is 12.5. The van der Waals surface area contributed by atoms with Crippen molar-refractivity contribution in [1.82, 2.24) is 0 Å². The number of nitrogen functional groups attached to an aromatic ring is 2. The molecule has 3 aromatic rings. The first-order chi connectivity index (χ1) is 18.2. The van der Waals surface area contributed by atoms with E-state index in [9.17, 15) is 18.0 Å². The maximum atomic E-state index is 14.6. The monoisotopic (exact) mass is 526 g/mol. The van der Waals surface area contributed by atoms with Crippen LogP contribution in [0.15, 0.2) is 72.8 Å². The summed E-state index contributed by atoms with van der Waals surface area (Å²) in [6, 6.07) is 17.1. The number of alkyl halides is 3. The molecule has 38 heavy (non-hydrogen) atoms. The Kier molecular flexibility index (Phi) is 10.2. The van der Waals surface area contributed by atoms with Gasteiger partial charge in [-0.15, -0.1) is 0 Å². The average molecular weight is 527 g/mol. The second kappa shape index (κ2) is 13.6. The summed E-state index contributed by atoms with van der Waals surface area (Å²) in [7, 11) is 0. The lowest BCUT2D eigenvalue weighted by Crippen LogP contribution is -2.21. The molecule has 0 saturated heterocycles. The molecule has 1 unspecified atom stereocenters. The number of ether oxygens (including phenoxy) is 2. The SMILES string of the molecule is CC(COC(=O)/C=C/c1ccc(OC(F)(F)c2ccc(CCCCCF)cc2)cc1)c1ccc(N)cc1N. The van der Waals surface area contributed by atoms with Crippen LogP contribution in [0.5, 0.6) is 5.75 Å². The van der Waals surface area contributed by atoms with Gasteiger partial charge in [0.1, 0.15) is 5.75 Å². The van der Waals surface area contributed by atoms with Crippen LogP contribution < -0.4 is 16.2 Å². The van der Waals surface area contributed by atoms with Crippen molar-refractivity contribution < 1.29 is 27.4 Å². The summed E-state index contributed by atoms with van der Waals surface area (Å²) in [6.45, 7) is 1.69. The lowest BCUT2D eigenvalue weighted by atomic mass is 10.00. The molecule has 0 amide bonds. The third-order valence-corrected chi connectivity index (χ3v) is 6.04. The molecule has 5 nitrogen and oxygen atoms in total. The summed E-state index contributed by atoms with van der Waals surface area (Å²) in [4.78, 5) is 12.1. The smallest absolute Gasteiger partial charge is 0.426 e. The van der Waals surface area contributed by atoms with Gasteiger partial charge in [-0.05, 0) is 78.4 Å². The number of hydrogen-bond donors (Lipinski definition) is 2. The van der Waals surface area contributed by atoms with Crippen molar-refractivity contribution in [2.24, 2.45) is 0 Å². The van der Waals surface area contributed by atoms with E-state index in [1.807, 2.05) is 6.92 Å². The molecular formula is C30H33F3N2O3. The zero-order valence-corrected chi connectivity index (χ0v) is 21.3. The van der Waals surface area contributed by atoms with Crippen LogP contribution in [0.1, 0.15) is 54.4 Å². The van der Waals surface area contributed by atoms with Gasteiger partial charge in [-0.1, -0.05) is 43.7 Å². The number of nitrogens with two attached hydrogens (primary N) is 2. The van der Waals surface area contributed by atoms with Crippen molar-refractivity contribution in [3.63, 3.8) is 0 Å². The van der Waals surface area contributed by atoms with E-state index in [0.29, 0.717) is 29.8 Å². The fraction of sp³-hybridized carbons (Fsp3) is 0.300. The van der Waals surface area contributed by atoms with Gasteiger partial charge >= 0.3 is 12.1 Å². The van der Waals surface area contributed by atoms with E-state index in [0.717, 1.165) is 24.0 Å². The quantitative estimate of drug-likeness (QED) is 0.108. The highest BCUT2D eigenvalue weighted by Gasteiger charge is 2.34. The molecule has 0 spiro atoms. The van der Waals surface area contributed by atoms with E-state index < -0.39 is 12.1 Å². The molecule has 3 rings (SSSR count). The largest absolute Gasteiger partial charge is 0.462 e. The van der Waals surface area contributed by atoms with E-state index in [4.69, 9.17) is 20.9 Å². The molecule has 0 radical (unpaired) electrons. The normalized spacial score (nSPS) is 12.4. The maximum Gasteiger partial charge on any atom is 0.426 e. The lowest BCUT2D eigenvalue weighted by Gasteiger charge is -2.18. The Morgan fingerprint density at radius 3 is 2.34 bits per heavy atom. The predicted molar refractivity (Wildman–Crippen MR) is 145 cm³/mol. The van der Waals surface area contributed by atoms with Crippen molar-refractivity contribution in [2.45, 2.75) is 44.6 Å². The van der Waals surface area contributed by atoms with Crippen molar-refractivity contribution >= 4 is 23.4 Å². The number of anilines is 2. The van der Waals surface area contributed by atoms with Gasteiger partial charge in [-0.2, -0.15) is 8.78 Å². The van der Waals surface area contributed by atoms with Crippen LogP contribution in [-0.2, 0) is 22.1 Å². The predicted octanol–water partition coefficient (Wildman–Crippen LogP) is 7.02. The minimum absolute atomic E-state index is 0.0139. The zero-order valence-electron chi connectivity index (χ0n) is 21.3. The molecule has 0 aliphatic rings. The molecule has 0 fully saturated rings. The fourth-order valence-corrected chi connectivity index (χ4v) is 3.87. The van der Waals surface area contributed by atoms with E-state index in [-0.39, 0.29) is 30.5 Å². The Hall–Kier alpha value is -3.94. The Labute approximate surface area is 221 Å². The van der Waals surface area contributed by atoms with Gasteiger partial charge in [0, 0.05) is 23.4 Å². The van der Waals surface area contributed by atoms with Gasteiger partial charge in [0.2, 0.25) is 0 Å². The Morgan fingerprint density at radius 1 is 0.974 bits per heavy atom. The topological polar surface area (TPSA) is 87.6 Å². The molecule has 202 valence electrons. The van der Waals surface area contributed by atoms with Crippen LogP contribution in [-0.4, -0.2) is 19.3 Å². The fourth-order valence-electron chi connectivity index (χ4n) is 3.87. The summed E-state index contributed by atoms with van der Waals surface area (Å²) in [6.07, 6.45) is 2.09. The van der Waals surface area contributed by atoms with Gasteiger partial charge in [0.15, 0.2) is 0 Å². The van der Waals surface area contributed by atoms with Crippen molar-refractivity contribution in [3.8, 4) is 5.75 Å². The minimum atomic E-state index is -3.52. The van der Waals surface area contributed by atoms with E-state index in [2.05, 4.69) is 0 Å². The molecule has 0 aliphatic heterocycles. The lowest BCUT2D eigenvalue weighted by molar-refractivity contribution is -0.185. The molecule has 8 heteroatoms. The van der Waals surface area contributed by atoms with Gasteiger partial charge in [-0.25, -0.2) is 4.79 Å². The minimum Gasteiger partial charge on any atom is -0.462 e. The molecular weight excluding hydrogens is 493 g/mol. The second-order valence-corrected chi connectivity index (χ2v) is 9.14. The number of carbonyl (C=O) groups excluding carboxylic acids is 1. The standard InChI is InChI=1S/C30H33F3N2O3/c1-21(27-16-13-25(34)19-28(27)35)20-37-29(36)17-10-23-8-14-26(15-9-23)38-30(32,33)24-11-6-22(7-12-24)5-3-2-4-18-31/h6-17,19,21H,2-5,18,20,34-35H2,1H3/b17-10+. The molecule has 0 aromatic heterocycles. The van der Waals surface area contributed by atoms with Crippen LogP contribution in [0.2, 0.25) is 0 Å². The number of esters is 1. The Bertz CT molecular complexity index is 1210. The molecule has 3 aromatic carbocycles. The number of aryl methyl sites for hydroxylation is 1. The van der Waals surface area contributed by atoms with E-state index in [1.165, 1.54) is 36.4 Å². The third-order valence-electron chi connectivity index (χ3n) is 6.04. The average Bonchev–Trinajstić information content (AvgIpc) is 2.89. The number of hydrogen-bond acceptors (Lipinski definition) is 5. The van der Waals surface area contributed by atoms with Crippen LogP contribution >= 0.6 is 0 Å². The van der Waals surface area contributed by atoms with Gasteiger partial charge in [0.05, 0.1) is 18.8 Å². The molecule has 0 aliphatic carbocycles. The second-order valence-electron chi connectivity index (χ2n) is 9.14. The van der Waals surface area contributed by atoms with Crippen LogP contribution in [0.3, 0.4) is 0 Å². The van der Waals surface area contributed by atoms with Crippen LogP contribution in [0, 0.1) is 0 Å². The Balaban J connectivity index is 1.50. The van der Waals surface area contributed by atoms with Gasteiger partial charge < -0.3 is 20.9 Å². The number of benzene rings is 3. The van der Waals surface area contributed by atoms with E-state index in [1.54, 1.807) is 42.5 Å². The van der Waals surface area contributed by atoms with Crippen molar-refractivity contribution in [3.05, 3.63) is 95.1 Å². The van der Waals surface area contributed by atoms with Crippen LogP contribution in [0.25, 0.3) is 6.08 Å². The number of rotatable bonds is 13. The highest BCUT2D eigenvalue weighted by atomic mass is 19.3. The van der Waals surface area contributed by atoms with Gasteiger partial charge in [0.25, 0.3) is 0 Å². The first-order valence-electron chi connectivity index (χ1n) is 12.5. The highest BCUT2D eigenvalue weighted by molar-refractivity contribution is 5.87. The zero-order chi connectivity index (χ0) is 27.5. The maximum absolute atomic E-state index is 14.6. The number of carbonyl (C=O) groups is 1. The van der Waals surface area contributed by atoms with Crippen molar-refractivity contribution in [2.75, 3.05) is 24.7 Å². The highest BCUT2D eigenvalue weighted by Crippen LogP contribution is 2.32. The summed E-state index contributed by atoms with van der Waals surface area (Å²) < 4.78 is 51.7. The van der Waals surface area contributed by atoms with Crippen molar-refractivity contribution in [1.29, 1.82) is 0 Å². The van der Waals surface area contributed by atoms with Crippen LogP contribution in [0.4, 0.5) is 24.5 Å². The third kappa shape index (κ3) is 8.57. The molecule has 0 heterocycles. The summed E-state index contributed by atoms with van der Waals surface area (Å²) in [5.41, 5.74) is 14.9. The summed E-state index contributed by atoms with van der Waals surface area (Å²) in [5, 5.41) is 0. The summed E-state index contributed by atoms with van der Waals surface area (Å²) >= 11 is 0. The molecule has 4 N–H and O–H groups in total. The molecule has 1 atom stereocenters. The Morgan fingerprint density at radius 2 is 1.68 bits per heavy atom. The first kappa shape index (κ1) is 28.6.